The zero-order valence-electron chi connectivity index (χ0n) is 10.8. The molecule has 0 aromatic heterocycles. The number of hydrogen-bond donors (Lipinski definition) is 4. The Morgan fingerprint density at radius 3 is 2.40 bits per heavy atom. The molecule has 2 rings (SSSR count). The van der Waals surface area contributed by atoms with Crippen LogP contribution in [0.15, 0.2) is 42.5 Å². The zero-order chi connectivity index (χ0) is 14.5. The molecule has 5 N–H and O–H groups in total. The summed E-state index contributed by atoms with van der Waals surface area (Å²) >= 11 is 0. The molecule has 0 atom stereocenters. The van der Waals surface area contributed by atoms with Gasteiger partial charge in [0.05, 0.1) is 12.2 Å². The van der Waals surface area contributed by atoms with E-state index in [4.69, 9.17) is 10.8 Å². The number of amides is 1. The molecule has 0 aliphatic carbocycles. The van der Waals surface area contributed by atoms with E-state index in [0.717, 1.165) is 11.1 Å². The highest BCUT2D eigenvalue weighted by Gasteiger charge is 2.10. The Morgan fingerprint density at radius 2 is 1.75 bits per heavy atom. The molecule has 1 amide bonds. The second kappa shape index (κ2) is 6.08. The van der Waals surface area contributed by atoms with E-state index in [2.05, 4.69) is 5.32 Å². The molecule has 0 saturated heterocycles. The molecule has 0 fully saturated rings. The minimum atomic E-state index is -0.343. The number of aliphatic hydroxyl groups is 1. The smallest absolute Gasteiger partial charge is 0.253 e. The third kappa shape index (κ3) is 3.27. The van der Waals surface area contributed by atoms with E-state index >= 15 is 0 Å². The third-order valence-corrected chi connectivity index (χ3v) is 2.94. The van der Waals surface area contributed by atoms with E-state index in [1.54, 1.807) is 12.1 Å². The Kier molecular flexibility index (Phi) is 4.22. The number of rotatable bonds is 4. The van der Waals surface area contributed by atoms with Crippen LogP contribution in [0.5, 0.6) is 5.75 Å². The van der Waals surface area contributed by atoms with Crippen molar-refractivity contribution in [2.75, 3.05) is 5.73 Å². The van der Waals surface area contributed by atoms with Gasteiger partial charge in [-0.1, -0.05) is 24.3 Å². The fourth-order valence-corrected chi connectivity index (χ4v) is 1.78. The van der Waals surface area contributed by atoms with Crippen molar-refractivity contribution in [2.45, 2.75) is 13.2 Å². The quantitative estimate of drug-likeness (QED) is 0.499. The van der Waals surface area contributed by atoms with Crippen molar-refractivity contribution < 1.29 is 15.0 Å². The summed E-state index contributed by atoms with van der Waals surface area (Å²) in [5.74, 6) is -0.346. The van der Waals surface area contributed by atoms with Gasteiger partial charge in [0.15, 0.2) is 0 Å². The van der Waals surface area contributed by atoms with Crippen LogP contribution in [-0.4, -0.2) is 16.1 Å². The fourth-order valence-electron chi connectivity index (χ4n) is 1.78. The molecule has 5 nitrogen and oxygen atoms in total. The Hall–Kier alpha value is -2.53. The van der Waals surface area contributed by atoms with Crippen LogP contribution in [0.25, 0.3) is 0 Å². The predicted molar refractivity (Wildman–Crippen MR) is 76.1 cm³/mol. The number of nitrogen functional groups attached to an aromatic ring is 1. The predicted octanol–water partition coefficient (Wildman–Crippen LogP) is 1.40. The van der Waals surface area contributed by atoms with Crippen LogP contribution < -0.4 is 11.1 Å². The number of carbonyl (C=O) groups excluding carboxylic acids is 1. The highest BCUT2D eigenvalue weighted by molar-refractivity contribution is 5.99. The van der Waals surface area contributed by atoms with Gasteiger partial charge < -0.3 is 21.3 Å². The van der Waals surface area contributed by atoms with Crippen LogP contribution in [0.1, 0.15) is 21.5 Å². The lowest BCUT2D eigenvalue weighted by molar-refractivity contribution is 0.0951. The van der Waals surface area contributed by atoms with Gasteiger partial charge >= 0.3 is 0 Å². The van der Waals surface area contributed by atoms with Crippen molar-refractivity contribution in [1.82, 2.24) is 5.32 Å². The number of nitrogens with two attached hydrogens (primary N) is 1. The fraction of sp³-hybridized carbons (Fsp3) is 0.133. The number of benzene rings is 2. The minimum Gasteiger partial charge on any atom is -0.508 e. The normalized spacial score (nSPS) is 10.2. The van der Waals surface area contributed by atoms with Gasteiger partial charge in [0.25, 0.3) is 5.91 Å². The van der Waals surface area contributed by atoms with E-state index in [1.807, 2.05) is 12.1 Å². The van der Waals surface area contributed by atoms with Crippen LogP contribution in [0.3, 0.4) is 0 Å². The first kappa shape index (κ1) is 13.9. The molecule has 2 aromatic carbocycles. The summed E-state index contributed by atoms with van der Waals surface area (Å²) in [4.78, 5) is 12.0. The van der Waals surface area contributed by atoms with Gasteiger partial charge in [-0.2, -0.15) is 0 Å². The molecular formula is C15H16N2O3. The summed E-state index contributed by atoms with van der Waals surface area (Å²) in [6.45, 7) is 0.339. The highest BCUT2D eigenvalue weighted by Crippen LogP contribution is 2.18. The van der Waals surface area contributed by atoms with Crippen molar-refractivity contribution in [3.8, 4) is 5.75 Å². The molecule has 2 aromatic rings. The Bertz CT molecular complexity index is 609. The molecule has 104 valence electrons. The Labute approximate surface area is 116 Å². The monoisotopic (exact) mass is 272 g/mol. The highest BCUT2D eigenvalue weighted by atomic mass is 16.3. The topological polar surface area (TPSA) is 95.6 Å². The van der Waals surface area contributed by atoms with E-state index in [-0.39, 0.29) is 23.8 Å². The van der Waals surface area contributed by atoms with Crippen LogP contribution >= 0.6 is 0 Å². The lowest BCUT2D eigenvalue weighted by Gasteiger charge is -2.08. The first-order chi connectivity index (χ1) is 9.60. The number of aliphatic hydroxyl groups excluding tert-OH is 1. The Balaban J connectivity index is 2.02. The van der Waals surface area contributed by atoms with Gasteiger partial charge in [-0.15, -0.1) is 0 Å². The summed E-state index contributed by atoms with van der Waals surface area (Å²) in [6.07, 6.45) is 0. The number of hydrogen-bond acceptors (Lipinski definition) is 4. The molecule has 0 unspecified atom stereocenters. The standard InChI is InChI=1S/C15H16N2O3/c16-14-6-5-12(19)7-13(14)15(20)17-8-10-1-3-11(9-18)4-2-10/h1-7,18-19H,8-9,16H2,(H,17,20). The van der Waals surface area contributed by atoms with E-state index < -0.39 is 0 Å². The molecule has 0 aliphatic rings. The van der Waals surface area contributed by atoms with Crippen molar-refractivity contribution in [3.05, 3.63) is 59.2 Å². The molecular weight excluding hydrogens is 256 g/mol. The SMILES string of the molecule is Nc1ccc(O)cc1C(=O)NCc1ccc(CO)cc1. The van der Waals surface area contributed by atoms with Gasteiger partial charge in [0.1, 0.15) is 5.75 Å². The second-order valence-corrected chi connectivity index (χ2v) is 4.43. The summed E-state index contributed by atoms with van der Waals surface area (Å²) < 4.78 is 0. The maximum atomic E-state index is 12.0. The van der Waals surface area contributed by atoms with Gasteiger partial charge in [0.2, 0.25) is 0 Å². The minimum absolute atomic E-state index is 0.00310. The summed E-state index contributed by atoms with van der Waals surface area (Å²) in [5, 5.41) is 21.0. The number of nitrogens with one attached hydrogen (secondary N) is 1. The van der Waals surface area contributed by atoms with Gasteiger partial charge in [-0.25, -0.2) is 0 Å². The maximum Gasteiger partial charge on any atom is 0.253 e. The summed E-state index contributed by atoms with van der Waals surface area (Å²) in [6, 6.07) is 11.5. The van der Waals surface area contributed by atoms with E-state index in [0.29, 0.717) is 12.2 Å². The van der Waals surface area contributed by atoms with Crippen molar-refractivity contribution >= 4 is 11.6 Å². The number of phenolic OH excluding ortho intramolecular Hbond substituents is 1. The molecule has 0 spiro atoms. The first-order valence-electron chi connectivity index (χ1n) is 6.15. The number of anilines is 1. The molecule has 0 radical (unpaired) electrons. The summed E-state index contributed by atoms with van der Waals surface area (Å²) in [5.41, 5.74) is 7.99. The molecule has 0 aliphatic heterocycles. The number of carbonyl (C=O) groups is 1. The van der Waals surface area contributed by atoms with Crippen LogP contribution in [0.2, 0.25) is 0 Å². The zero-order valence-corrected chi connectivity index (χ0v) is 10.8. The van der Waals surface area contributed by atoms with E-state index in [1.165, 1.54) is 18.2 Å². The van der Waals surface area contributed by atoms with Crippen molar-refractivity contribution in [1.29, 1.82) is 0 Å². The molecule has 20 heavy (non-hydrogen) atoms. The van der Waals surface area contributed by atoms with Crippen LogP contribution in [0, 0.1) is 0 Å². The van der Waals surface area contributed by atoms with E-state index in [9.17, 15) is 9.90 Å². The number of phenols is 1. The molecule has 0 bridgehead atoms. The Morgan fingerprint density at radius 1 is 1.10 bits per heavy atom. The van der Waals surface area contributed by atoms with Crippen molar-refractivity contribution in [2.24, 2.45) is 0 Å². The summed E-state index contributed by atoms with van der Waals surface area (Å²) in [7, 11) is 0. The van der Waals surface area contributed by atoms with Crippen LogP contribution in [-0.2, 0) is 13.2 Å². The second-order valence-electron chi connectivity index (χ2n) is 4.43. The molecule has 0 saturated carbocycles. The van der Waals surface area contributed by atoms with Crippen LogP contribution in [0.4, 0.5) is 5.69 Å². The average Bonchev–Trinajstić information content (AvgIpc) is 2.47. The third-order valence-electron chi connectivity index (χ3n) is 2.94. The van der Waals surface area contributed by atoms with Crippen molar-refractivity contribution in [3.63, 3.8) is 0 Å². The largest absolute Gasteiger partial charge is 0.508 e. The maximum absolute atomic E-state index is 12.0. The van der Waals surface area contributed by atoms with Gasteiger partial charge in [-0.3, -0.25) is 4.79 Å². The number of aromatic hydroxyl groups is 1. The first-order valence-corrected chi connectivity index (χ1v) is 6.15. The molecule has 0 heterocycles. The lowest BCUT2D eigenvalue weighted by Crippen LogP contribution is -2.23. The molecule has 5 heteroatoms. The van der Waals surface area contributed by atoms with Gasteiger partial charge in [-0.05, 0) is 29.3 Å². The van der Waals surface area contributed by atoms with Gasteiger partial charge in [0, 0.05) is 12.2 Å². The lowest BCUT2D eigenvalue weighted by atomic mass is 10.1. The average molecular weight is 272 g/mol.